The van der Waals surface area contributed by atoms with Crippen molar-refractivity contribution in [1.29, 1.82) is 0 Å². The lowest BCUT2D eigenvalue weighted by Gasteiger charge is -2.15. The summed E-state index contributed by atoms with van der Waals surface area (Å²) in [5.74, 6) is 2.57. The minimum absolute atomic E-state index is 0.365. The fraction of sp³-hybridized carbons (Fsp3) is 0.412. The monoisotopic (exact) mass is 281 g/mol. The fourth-order valence-corrected chi connectivity index (χ4v) is 3.60. The predicted molar refractivity (Wildman–Crippen MR) is 81.0 cm³/mol. The lowest BCUT2D eigenvalue weighted by Crippen LogP contribution is -2.18. The second-order valence-electron chi connectivity index (χ2n) is 6.04. The van der Waals surface area contributed by atoms with Gasteiger partial charge in [0.25, 0.3) is 0 Å². The number of benzene rings is 1. The maximum Gasteiger partial charge on any atom is 0.120 e. The van der Waals surface area contributed by atoms with Crippen molar-refractivity contribution >= 4 is 0 Å². The van der Waals surface area contributed by atoms with Crippen LogP contribution in [0.15, 0.2) is 43.0 Å². The topological polar surface area (TPSA) is 47.0 Å². The molecule has 1 aliphatic heterocycles. The van der Waals surface area contributed by atoms with E-state index in [1.807, 2.05) is 24.5 Å². The Labute approximate surface area is 124 Å². The highest BCUT2D eigenvalue weighted by Gasteiger charge is 2.38. The first-order valence-electron chi connectivity index (χ1n) is 7.61. The summed E-state index contributed by atoms with van der Waals surface area (Å²) in [4.78, 5) is 8.15. The third-order valence-electron chi connectivity index (χ3n) is 4.64. The Morgan fingerprint density at radius 1 is 1.00 bits per heavy atom. The van der Waals surface area contributed by atoms with Gasteiger partial charge in [0.2, 0.25) is 0 Å². The summed E-state index contributed by atoms with van der Waals surface area (Å²) in [5.41, 5.74) is 2.13. The maximum absolute atomic E-state index is 6.21. The van der Waals surface area contributed by atoms with Gasteiger partial charge < -0.3 is 10.1 Å². The standard InChI is InChI=1S/C17H19N3O/c1-2-12(15-9-19-11-20-10-15)4-16(3-1)21-17-5-13-7-18-8-14(13)6-17/h1-4,9-11,13-14,17-18H,5-8H2/t13-,14+,17?. The maximum atomic E-state index is 6.21. The van der Waals surface area contributed by atoms with Crippen LogP contribution in [-0.4, -0.2) is 29.2 Å². The average molecular weight is 281 g/mol. The van der Waals surface area contributed by atoms with E-state index in [0.717, 1.165) is 41.8 Å². The number of ether oxygens (including phenoxy) is 1. The molecule has 0 radical (unpaired) electrons. The zero-order valence-electron chi connectivity index (χ0n) is 11.9. The van der Waals surface area contributed by atoms with Crippen LogP contribution in [-0.2, 0) is 0 Å². The van der Waals surface area contributed by atoms with E-state index in [4.69, 9.17) is 4.74 Å². The first-order chi connectivity index (χ1) is 10.4. The van der Waals surface area contributed by atoms with Crippen molar-refractivity contribution in [1.82, 2.24) is 15.3 Å². The van der Waals surface area contributed by atoms with Crippen LogP contribution in [0.1, 0.15) is 12.8 Å². The molecule has 2 aromatic rings. The zero-order valence-corrected chi connectivity index (χ0v) is 11.9. The number of rotatable bonds is 3. The average Bonchev–Trinajstić information content (AvgIpc) is 3.10. The van der Waals surface area contributed by atoms with Gasteiger partial charge in [-0.1, -0.05) is 12.1 Å². The zero-order chi connectivity index (χ0) is 14.1. The number of hydrogen-bond acceptors (Lipinski definition) is 4. The third-order valence-corrected chi connectivity index (χ3v) is 4.64. The van der Waals surface area contributed by atoms with Gasteiger partial charge in [0.05, 0.1) is 6.10 Å². The van der Waals surface area contributed by atoms with Crippen LogP contribution in [0.4, 0.5) is 0 Å². The van der Waals surface area contributed by atoms with E-state index in [-0.39, 0.29) is 0 Å². The minimum Gasteiger partial charge on any atom is -0.490 e. The molecule has 1 saturated heterocycles. The molecule has 2 fully saturated rings. The number of fused-ring (bicyclic) bond motifs is 1. The molecule has 4 heteroatoms. The van der Waals surface area contributed by atoms with E-state index in [9.17, 15) is 0 Å². The molecule has 4 rings (SSSR count). The van der Waals surface area contributed by atoms with E-state index in [1.165, 1.54) is 12.8 Å². The number of nitrogens with zero attached hydrogens (tertiary/aromatic N) is 2. The van der Waals surface area contributed by atoms with E-state index < -0.39 is 0 Å². The van der Waals surface area contributed by atoms with E-state index >= 15 is 0 Å². The van der Waals surface area contributed by atoms with Gasteiger partial charge in [-0.05, 0) is 55.5 Å². The van der Waals surface area contributed by atoms with Crippen molar-refractivity contribution in [2.45, 2.75) is 18.9 Å². The smallest absolute Gasteiger partial charge is 0.120 e. The van der Waals surface area contributed by atoms with E-state index in [1.54, 1.807) is 6.33 Å². The second kappa shape index (κ2) is 5.45. The van der Waals surface area contributed by atoms with Crippen molar-refractivity contribution in [3.63, 3.8) is 0 Å². The van der Waals surface area contributed by atoms with Crippen molar-refractivity contribution in [2.24, 2.45) is 11.8 Å². The molecule has 1 aliphatic carbocycles. The molecular weight excluding hydrogens is 262 g/mol. The normalized spacial score (nSPS) is 27.5. The van der Waals surface area contributed by atoms with Crippen LogP contribution in [0, 0.1) is 11.8 Å². The number of nitrogens with one attached hydrogen (secondary N) is 1. The lowest BCUT2D eigenvalue weighted by molar-refractivity contribution is 0.199. The summed E-state index contributed by atoms with van der Waals surface area (Å²) in [7, 11) is 0. The van der Waals surface area contributed by atoms with Gasteiger partial charge in [-0.25, -0.2) is 9.97 Å². The molecule has 0 spiro atoms. The Morgan fingerprint density at radius 3 is 2.52 bits per heavy atom. The molecule has 1 saturated carbocycles. The van der Waals surface area contributed by atoms with Gasteiger partial charge in [0.1, 0.15) is 12.1 Å². The van der Waals surface area contributed by atoms with Gasteiger partial charge in [0, 0.05) is 18.0 Å². The molecule has 108 valence electrons. The quantitative estimate of drug-likeness (QED) is 0.939. The first kappa shape index (κ1) is 12.8. The van der Waals surface area contributed by atoms with Crippen molar-refractivity contribution in [3.8, 4) is 16.9 Å². The third kappa shape index (κ3) is 2.63. The molecule has 21 heavy (non-hydrogen) atoms. The Morgan fingerprint density at radius 2 is 1.76 bits per heavy atom. The van der Waals surface area contributed by atoms with Crippen molar-refractivity contribution in [3.05, 3.63) is 43.0 Å². The van der Waals surface area contributed by atoms with Crippen LogP contribution in [0.5, 0.6) is 5.75 Å². The lowest BCUT2D eigenvalue weighted by atomic mass is 10.0. The minimum atomic E-state index is 0.365. The van der Waals surface area contributed by atoms with Gasteiger partial charge in [-0.3, -0.25) is 0 Å². The van der Waals surface area contributed by atoms with Gasteiger partial charge in [0.15, 0.2) is 0 Å². The number of aromatic nitrogens is 2. The van der Waals surface area contributed by atoms with Crippen LogP contribution in [0.25, 0.3) is 11.1 Å². The molecule has 3 atom stereocenters. The van der Waals surface area contributed by atoms with Crippen LogP contribution in [0.2, 0.25) is 0 Å². The Kier molecular flexibility index (Phi) is 3.31. The van der Waals surface area contributed by atoms with E-state index in [0.29, 0.717) is 6.10 Å². The molecule has 1 N–H and O–H groups in total. The highest BCUT2D eigenvalue weighted by atomic mass is 16.5. The molecular formula is C17H19N3O. The van der Waals surface area contributed by atoms with Crippen molar-refractivity contribution in [2.75, 3.05) is 13.1 Å². The molecule has 2 aliphatic rings. The molecule has 2 heterocycles. The highest BCUT2D eigenvalue weighted by molar-refractivity contribution is 5.63. The summed E-state index contributed by atoms with van der Waals surface area (Å²) < 4.78 is 6.21. The van der Waals surface area contributed by atoms with Gasteiger partial charge >= 0.3 is 0 Å². The Bertz CT molecular complexity index is 604. The SMILES string of the molecule is c1cc(OC2C[C@H]3CNC[C@H]3C2)cc(-c2cncnc2)c1. The number of hydrogen-bond donors (Lipinski definition) is 1. The Balaban J connectivity index is 1.49. The Hall–Kier alpha value is -1.94. The first-order valence-corrected chi connectivity index (χ1v) is 7.61. The summed E-state index contributed by atoms with van der Waals surface area (Å²) >= 11 is 0. The molecule has 4 nitrogen and oxygen atoms in total. The van der Waals surface area contributed by atoms with Crippen LogP contribution >= 0.6 is 0 Å². The summed E-state index contributed by atoms with van der Waals surface area (Å²) in [6, 6.07) is 8.23. The molecule has 1 aromatic heterocycles. The highest BCUT2D eigenvalue weighted by Crippen LogP contribution is 2.37. The summed E-state index contributed by atoms with van der Waals surface area (Å²) in [5, 5.41) is 3.47. The second-order valence-corrected chi connectivity index (χ2v) is 6.04. The van der Waals surface area contributed by atoms with Crippen LogP contribution in [0.3, 0.4) is 0 Å². The predicted octanol–water partition coefficient (Wildman–Crippen LogP) is 2.52. The van der Waals surface area contributed by atoms with Crippen LogP contribution < -0.4 is 10.1 Å². The largest absolute Gasteiger partial charge is 0.490 e. The molecule has 0 bridgehead atoms. The van der Waals surface area contributed by atoms with Gasteiger partial charge in [-0.15, -0.1) is 0 Å². The molecule has 1 aromatic carbocycles. The summed E-state index contributed by atoms with van der Waals surface area (Å²) in [6.45, 7) is 2.32. The molecule has 0 amide bonds. The van der Waals surface area contributed by atoms with Gasteiger partial charge in [-0.2, -0.15) is 0 Å². The fourth-order valence-electron chi connectivity index (χ4n) is 3.60. The van der Waals surface area contributed by atoms with Crippen molar-refractivity contribution < 1.29 is 4.74 Å². The van der Waals surface area contributed by atoms with E-state index in [2.05, 4.69) is 27.4 Å². The molecule has 1 unspecified atom stereocenters. The summed E-state index contributed by atoms with van der Waals surface area (Å²) in [6.07, 6.45) is 7.93.